The number of halogens is 3. The Bertz CT molecular complexity index is 359. The van der Waals surface area contributed by atoms with E-state index in [4.69, 9.17) is 5.73 Å². The molecule has 0 aliphatic carbocycles. The quantitative estimate of drug-likeness (QED) is 0.856. The van der Waals surface area contributed by atoms with Crippen LogP contribution in [0.15, 0.2) is 12.3 Å². The molecule has 1 rings (SSSR count). The predicted octanol–water partition coefficient (Wildman–Crippen LogP) is 2.13. The number of nitrogens with zero attached hydrogens (tertiary/aromatic N) is 3. The molecule has 1 heterocycles. The van der Waals surface area contributed by atoms with E-state index in [1.165, 1.54) is 4.90 Å². The fraction of sp³-hybridized carbons (Fsp3) is 0.727. The first-order valence-corrected chi connectivity index (χ1v) is 5.87. The van der Waals surface area contributed by atoms with Crippen LogP contribution in [0.2, 0.25) is 0 Å². The number of nitrogen functional groups attached to an aromatic ring is 1. The van der Waals surface area contributed by atoms with E-state index in [9.17, 15) is 13.2 Å². The zero-order chi connectivity index (χ0) is 13.8. The highest BCUT2D eigenvalue weighted by atomic mass is 19.4. The smallest absolute Gasteiger partial charge is 0.382 e. The molecular formula is C11H19F3N4. The Morgan fingerprint density at radius 3 is 2.56 bits per heavy atom. The summed E-state index contributed by atoms with van der Waals surface area (Å²) in [6.07, 6.45) is -1.82. The van der Waals surface area contributed by atoms with Crippen molar-refractivity contribution in [1.29, 1.82) is 0 Å². The molecule has 0 aromatic carbocycles. The van der Waals surface area contributed by atoms with Crippen molar-refractivity contribution in [2.45, 2.75) is 39.0 Å². The topological polar surface area (TPSA) is 47.1 Å². The van der Waals surface area contributed by atoms with Crippen LogP contribution in [0.3, 0.4) is 0 Å². The minimum absolute atomic E-state index is 0.130. The lowest BCUT2D eigenvalue weighted by atomic mass is 10.3. The molecule has 0 atom stereocenters. The molecule has 0 bridgehead atoms. The van der Waals surface area contributed by atoms with Gasteiger partial charge in [0.1, 0.15) is 5.82 Å². The zero-order valence-electron chi connectivity index (χ0n) is 10.6. The number of nitrogens with two attached hydrogens (primary N) is 1. The lowest BCUT2D eigenvalue weighted by molar-refractivity contribution is -0.149. The predicted molar refractivity (Wildman–Crippen MR) is 64.0 cm³/mol. The van der Waals surface area contributed by atoms with Gasteiger partial charge in [-0.15, -0.1) is 0 Å². The Morgan fingerprint density at radius 1 is 1.44 bits per heavy atom. The van der Waals surface area contributed by atoms with Crippen LogP contribution < -0.4 is 5.73 Å². The maximum absolute atomic E-state index is 12.3. The van der Waals surface area contributed by atoms with Crippen molar-refractivity contribution in [3.05, 3.63) is 12.3 Å². The molecular weight excluding hydrogens is 245 g/mol. The Kier molecular flexibility index (Phi) is 5.01. The Labute approximate surface area is 105 Å². The van der Waals surface area contributed by atoms with E-state index in [1.54, 1.807) is 30.8 Å². The molecule has 1 aromatic rings. The van der Waals surface area contributed by atoms with Crippen LogP contribution in [0.1, 0.15) is 20.3 Å². The van der Waals surface area contributed by atoms with Crippen LogP contribution in [0.25, 0.3) is 0 Å². The third-order valence-corrected chi connectivity index (χ3v) is 2.61. The van der Waals surface area contributed by atoms with Crippen molar-refractivity contribution in [2.24, 2.45) is 0 Å². The molecule has 0 saturated carbocycles. The molecule has 0 saturated heterocycles. The molecule has 0 radical (unpaired) electrons. The van der Waals surface area contributed by atoms with Crippen LogP contribution in [-0.2, 0) is 6.54 Å². The van der Waals surface area contributed by atoms with Crippen molar-refractivity contribution in [3.8, 4) is 0 Å². The van der Waals surface area contributed by atoms with Gasteiger partial charge in [0.2, 0.25) is 0 Å². The van der Waals surface area contributed by atoms with E-state index in [0.717, 1.165) is 0 Å². The first-order valence-electron chi connectivity index (χ1n) is 5.87. The van der Waals surface area contributed by atoms with Gasteiger partial charge >= 0.3 is 6.18 Å². The highest BCUT2D eigenvalue weighted by Gasteiger charge is 2.31. The highest BCUT2D eigenvalue weighted by molar-refractivity contribution is 5.23. The van der Waals surface area contributed by atoms with E-state index in [1.807, 2.05) is 0 Å². The van der Waals surface area contributed by atoms with Crippen molar-refractivity contribution in [2.75, 3.05) is 18.8 Å². The summed E-state index contributed by atoms with van der Waals surface area (Å²) in [7, 11) is 0. The van der Waals surface area contributed by atoms with E-state index in [2.05, 4.69) is 5.10 Å². The molecule has 4 nitrogen and oxygen atoms in total. The summed E-state index contributed by atoms with van der Waals surface area (Å²) in [5.41, 5.74) is 5.45. The molecule has 18 heavy (non-hydrogen) atoms. The number of hydrogen-bond acceptors (Lipinski definition) is 3. The van der Waals surface area contributed by atoms with E-state index >= 15 is 0 Å². The third kappa shape index (κ3) is 5.39. The molecule has 0 aliphatic rings. The minimum atomic E-state index is -4.15. The number of anilines is 1. The molecule has 0 aliphatic heterocycles. The molecule has 0 spiro atoms. The molecule has 0 amide bonds. The lowest BCUT2D eigenvalue weighted by Crippen LogP contribution is -2.39. The molecule has 0 fully saturated rings. The van der Waals surface area contributed by atoms with Gasteiger partial charge in [-0.1, -0.05) is 0 Å². The van der Waals surface area contributed by atoms with E-state index in [-0.39, 0.29) is 6.04 Å². The summed E-state index contributed by atoms with van der Waals surface area (Å²) < 4.78 is 38.7. The summed E-state index contributed by atoms with van der Waals surface area (Å²) in [5.74, 6) is 0.422. The van der Waals surface area contributed by atoms with Gasteiger partial charge in [0.25, 0.3) is 0 Å². The van der Waals surface area contributed by atoms with Gasteiger partial charge < -0.3 is 5.73 Å². The second-order valence-electron chi connectivity index (χ2n) is 4.54. The average molecular weight is 264 g/mol. The van der Waals surface area contributed by atoms with Crippen LogP contribution in [-0.4, -0.2) is 40.0 Å². The summed E-state index contributed by atoms with van der Waals surface area (Å²) in [5, 5.41) is 3.98. The van der Waals surface area contributed by atoms with E-state index in [0.29, 0.717) is 25.3 Å². The van der Waals surface area contributed by atoms with Gasteiger partial charge in [-0.3, -0.25) is 9.58 Å². The van der Waals surface area contributed by atoms with Gasteiger partial charge in [0.05, 0.1) is 6.54 Å². The van der Waals surface area contributed by atoms with Crippen molar-refractivity contribution >= 4 is 5.82 Å². The van der Waals surface area contributed by atoms with Crippen LogP contribution >= 0.6 is 0 Å². The van der Waals surface area contributed by atoms with Gasteiger partial charge in [-0.05, 0) is 26.3 Å². The molecule has 1 aromatic heterocycles. The summed E-state index contributed by atoms with van der Waals surface area (Å²) in [4.78, 5) is 1.41. The number of aryl methyl sites for hydroxylation is 1. The van der Waals surface area contributed by atoms with Crippen LogP contribution in [0.5, 0.6) is 0 Å². The second kappa shape index (κ2) is 6.08. The van der Waals surface area contributed by atoms with Crippen LogP contribution in [0.4, 0.5) is 19.0 Å². The fourth-order valence-electron chi connectivity index (χ4n) is 1.69. The number of aromatic nitrogens is 2. The zero-order valence-corrected chi connectivity index (χ0v) is 10.6. The number of rotatable bonds is 6. The van der Waals surface area contributed by atoms with Gasteiger partial charge in [0, 0.05) is 25.3 Å². The Hall–Kier alpha value is -1.24. The standard InChI is InChI=1S/C11H19F3N4/c1-9(2)17(8-11(12,13)14)5-3-6-18-7-4-10(15)16-18/h4,7,9H,3,5-6,8H2,1-2H3,(H2,15,16). The number of alkyl halides is 3. The van der Waals surface area contributed by atoms with Crippen molar-refractivity contribution < 1.29 is 13.2 Å². The first kappa shape index (κ1) is 14.8. The van der Waals surface area contributed by atoms with Gasteiger partial charge in [0.15, 0.2) is 0 Å². The third-order valence-electron chi connectivity index (χ3n) is 2.61. The fourth-order valence-corrected chi connectivity index (χ4v) is 1.69. The monoisotopic (exact) mass is 264 g/mol. The molecule has 104 valence electrons. The normalized spacial score (nSPS) is 12.6. The van der Waals surface area contributed by atoms with Crippen molar-refractivity contribution in [1.82, 2.24) is 14.7 Å². The summed E-state index contributed by atoms with van der Waals surface area (Å²) in [6.45, 7) is 3.61. The maximum atomic E-state index is 12.3. The molecule has 7 heteroatoms. The first-order chi connectivity index (χ1) is 8.28. The van der Waals surface area contributed by atoms with E-state index < -0.39 is 12.7 Å². The Balaban J connectivity index is 2.38. The van der Waals surface area contributed by atoms with Gasteiger partial charge in [-0.25, -0.2) is 0 Å². The Morgan fingerprint density at radius 2 is 2.11 bits per heavy atom. The minimum Gasteiger partial charge on any atom is -0.382 e. The molecule has 2 N–H and O–H groups in total. The maximum Gasteiger partial charge on any atom is 0.401 e. The van der Waals surface area contributed by atoms with Gasteiger partial charge in [-0.2, -0.15) is 18.3 Å². The lowest BCUT2D eigenvalue weighted by Gasteiger charge is -2.27. The average Bonchev–Trinajstić information content (AvgIpc) is 2.61. The highest BCUT2D eigenvalue weighted by Crippen LogP contribution is 2.18. The summed E-state index contributed by atoms with van der Waals surface area (Å²) >= 11 is 0. The SMILES string of the molecule is CC(C)N(CCCn1ccc(N)n1)CC(F)(F)F. The largest absolute Gasteiger partial charge is 0.401 e. The van der Waals surface area contributed by atoms with Crippen LogP contribution in [0, 0.1) is 0 Å². The van der Waals surface area contributed by atoms with Crippen molar-refractivity contribution in [3.63, 3.8) is 0 Å². The molecule has 0 unspecified atom stereocenters. The summed E-state index contributed by atoms with van der Waals surface area (Å²) in [6, 6.07) is 1.53. The number of hydrogen-bond donors (Lipinski definition) is 1. The second-order valence-corrected chi connectivity index (χ2v) is 4.54.